The first-order valence-electron chi connectivity index (χ1n) is 5.81. The fraction of sp³-hybridized carbons (Fsp3) is 0.909. The Hall–Kier alpha value is -0.570. The van der Waals surface area contributed by atoms with E-state index in [-0.39, 0.29) is 0 Å². The molecule has 1 amide bonds. The van der Waals surface area contributed by atoms with Crippen molar-refractivity contribution in [3.05, 3.63) is 0 Å². The fourth-order valence-electron chi connectivity index (χ4n) is 2.81. The molecule has 78 valence electrons. The first kappa shape index (κ1) is 8.72. The molecular weight excluding hydrogens is 176 g/mol. The second kappa shape index (κ2) is 2.96. The third-order valence-electron chi connectivity index (χ3n) is 4.23. The lowest BCUT2D eigenvalue weighted by molar-refractivity contribution is -0.124. The summed E-state index contributed by atoms with van der Waals surface area (Å²) in [6.07, 6.45) is 6.02. The lowest BCUT2D eigenvalue weighted by atomic mass is 9.92. The van der Waals surface area contributed by atoms with Gasteiger partial charge in [-0.3, -0.25) is 4.79 Å². The molecule has 0 radical (unpaired) electrons. The van der Waals surface area contributed by atoms with Gasteiger partial charge in [-0.2, -0.15) is 0 Å². The van der Waals surface area contributed by atoms with Gasteiger partial charge in [-0.25, -0.2) is 0 Å². The second-order valence-electron chi connectivity index (χ2n) is 5.18. The molecular formula is C11H18N2O. The van der Waals surface area contributed by atoms with Crippen LogP contribution in [0, 0.1) is 11.3 Å². The number of nitrogens with one attached hydrogen (secondary N) is 2. The molecule has 1 heterocycles. The van der Waals surface area contributed by atoms with Crippen LogP contribution in [0.25, 0.3) is 0 Å². The highest BCUT2D eigenvalue weighted by atomic mass is 16.2. The lowest BCUT2D eigenvalue weighted by Gasteiger charge is -2.26. The Kier molecular flexibility index (Phi) is 1.84. The minimum Gasteiger partial charge on any atom is -0.353 e. The SMILES string of the molecule is O=C(NC1CCC1)C1CC12CCNC2. The van der Waals surface area contributed by atoms with Crippen LogP contribution in [0.5, 0.6) is 0 Å². The van der Waals surface area contributed by atoms with Gasteiger partial charge in [0, 0.05) is 18.5 Å². The molecule has 2 unspecified atom stereocenters. The van der Waals surface area contributed by atoms with Gasteiger partial charge in [-0.1, -0.05) is 0 Å². The van der Waals surface area contributed by atoms with Crippen LogP contribution >= 0.6 is 0 Å². The van der Waals surface area contributed by atoms with Crippen LogP contribution in [0.3, 0.4) is 0 Å². The number of hydrogen-bond donors (Lipinski definition) is 2. The Bertz CT molecular complexity index is 254. The molecule has 2 aliphatic carbocycles. The Morgan fingerprint density at radius 2 is 2.29 bits per heavy atom. The molecule has 3 nitrogen and oxygen atoms in total. The maximum absolute atomic E-state index is 11.8. The van der Waals surface area contributed by atoms with E-state index in [1.807, 2.05) is 0 Å². The summed E-state index contributed by atoms with van der Waals surface area (Å²) in [5.41, 5.74) is 0.369. The third-order valence-corrected chi connectivity index (χ3v) is 4.23. The van der Waals surface area contributed by atoms with Gasteiger partial charge in [0.15, 0.2) is 0 Å². The monoisotopic (exact) mass is 194 g/mol. The Balaban J connectivity index is 1.54. The summed E-state index contributed by atoms with van der Waals surface area (Å²) >= 11 is 0. The predicted molar refractivity (Wildman–Crippen MR) is 53.8 cm³/mol. The zero-order chi connectivity index (χ0) is 9.60. The smallest absolute Gasteiger partial charge is 0.223 e. The largest absolute Gasteiger partial charge is 0.353 e. The van der Waals surface area contributed by atoms with Crippen molar-refractivity contribution >= 4 is 5.91 Å². The number of amides is 1. The number of carbonyl (C=O) groups is 1. The number of rotatable bonds is 2. The first-order chi connectivity index (χ1) is 6.80. The second-order valence-corrected chi connectivity index (χ2v) is 5.18. The predicted octanol–water partition coefficient (Wildman–Crippen LogP) is 0.655. The first-order valence-corrected chi connectivity index (χ1v) is 5.81. The lowest BCUT2D eigenvalue weighted by Crippen LogP contribution is -2.41. The summed E-state index contributed by atoms with van der Waals surface area (Å²) in [4.78, 5) is 11.8. The highest BCUT2D eigenvalue weighted by Gasteiger charge is 2.59. The normalized spacial score (nSPS) is 41.0. The summed E-state index contributed by atoms with van der Waals surface area (Å²) in [7, 11) is 0. The molecule has 3 heteroatoms. The minimum absolute atomic E-state index is 0.332. The van der Waals surface area contributed by atoms with E-state index in [0.717, 1.165) is 19.5 Å². The van der Waals surface area contributed by atoms with Gasteiger partial charge < -0.3 is 10.6 Å². The van der Waals surface area contributed by atoms with Crippen molar-refractivity contribution in [2.75, 3.05) is 13.1 Å². The van der Waals surface area contributed by atoms with Gasteiger partial charge in [-0.05, 0) is 44.1 Å². The van der Waals surface area contributed by atoms with E-state index in [4.69, 9.17) is 0 Å². The summed E-state index contributed by atoms with van der Waals surface area (Å²) in [6.45, 7) is 2.17. The molecule has 3 aliphatic rings. The van der Waals surface area contributed by atoms with E-state index in [2.05, 4.69) is 10.6 Å². The highest BCUT2D eigenvalue weighted by molar-refractivity contribution is 5.83. The summed E-state index contributed by atoms with van der Waals surface area (Å²) in [5.74, 6) is 0.663. The topological polar surface area (TPSA) is 41.1 Å². The zero-order valence-electron chi connectivity index (χ0n) is 8.51. The van der Waals surface area contributed by atoms with E-state index in [1.54, 1.807) is 0 Å². The van der Waals surface area contributed by atoms with Crippen molar-refractivity contribution in [3.8, 4) is 0 Å². The van der Waals surface area contributed by atoms with Crippen LogP contribution in [0.1, 0.15) is 32.1 Å². The fourth-order valence-corrected chi connectivity index (χ4v) is 2.81. The highest BCUT2D eigenvalue weighted by Crippen LogP contribution is 2.56. The third kappa shape index (κ3) is 1.26. The molecule has 14 heavy (non-hydrogen) atoms. The van der Waals surface area contributed by atoms with E-state index < -0.39 is 0 Å². The minimum atomic E-state index is 0.332. The van der Waals surface area contributed by atoms with Crippen molar-refractivity contribution in [1.82, 2.24) is 10.6 Å². The van der Waals surface area contributed by atoms with Crippen molar-refractivity contribution in [3.63, 3.8) is 0 Å². The van der Waals surface area contributed by atoms with Crippen LogP contribution in [-0.2, 0) is 4.79 Å². The van der Waals surface area contributed by atoms with Crippen molar-refractivity contribution in [2.45, 2.75) is 38.1 Å². The molecule has 0 aromatic carbocycles. The molecule has 0 aromatic rings. The standard InChI is InChI=1S/C11H18N2O/c14-10(13-8-2-1-3-8)9-6-11(9)4-5-12-7-11/h8-9,12H,1-7H2,(H,13,14). The van der Waals surface area contributed by atoms with Crippen LogP contribution in [0.2, 0.25) is 0 Å². The van der Waals surface area contributed by atoms with Crippen LogP contribution in [-0.4, -0.2) is 25.0 Å². The molecule has 2 N–H and O–H groups in total. The molecule has 2 atom stereocenters. The Morgan fingerprint density at radius 3 is 2.86 bits per heavy atom. The zero-order valence-corrected chi connectivity index (χ0v) is 8.51. The maximum Gasteiger partial charge on any atom is 0.223 e. The molecule has 2 saturated carbocycles. The quantitative estimate of drug-likeness (QED) is 0.678. The number of carbonyl (C=O) groups excluding carboxylic acids is 1. The molecule has 1 spiro atoms. The molecule has 0 bridgehead atoms. The van der Waals surface area contributed by atoms with E-state index in [0.29, 0.717) is 23.3 Å². The van der Waals surface area contributed by atoms with Crippen molar-refractivity contribution < 1.29 is 4.79 Å². The van der Waals surface area contributed by atoms with E-state index >= 15 is 0 Å². The van der Waals surface area contributed by atoms with Gasteiger partial charge >= 0.3 is 0 Å². The molecule has 3 rings (SSSR count). The van der Waals surface area contributed by atoms with Crippen LogP contribution in [0.4, 0.5) is 0 Å². The molecule has 1 saturated heterocycles. The van der Waals surface area contributed by atoms with E-state index in [1.165, 1.54) is 25.7 Å². The summed E-state index contributed by atoms with van der Waals surface area (Å²) in [6, 6.07) is 0.509. The Labute approximate surface area is 84.6 Å². The van der Waals surface area contributed by atoms with Gasteiger partial charge in [-0.15, -0.1) is 0 Å². The maximum atomic E-state index is 11.8. The average molecular weight is 194 g/mol. The van der Waals surface area contributed by atoms with Crippen molar-refractivity contribution in [1.29, 1.82) is 0 Å². The van der Waals surface area contributed by atoms with E-state index in [9.17, 15) is 4.79 Å². The van der Waals surface area contributed by atoms with Crippen molar-refractivity contribution in [2.24, 2.45) is 11.3 Å². The van der Waals surface area contributed by atoms with Gasteiger partial charge in [0.1, 0.15) is 0 Å². The average Bonchev–Trinajstić information content (AvgIpc) is 2.57. The molecule has 0 aromatic heterocycles. The van der Waals surface area contributed by atoms with Gasteiger partial charge in [0.05, 0.1) is 0 Å². The van der Waals surface area contributed by atoms with Crippen LogP contribution < -0.4 is 10.6 Å². The molecule has 3 fully saturated rings. The Morgan fingerprint density at radius 1 is 1.43 bits per heavy atom. The molecule has 1 aliphatic heterocycles. The summed E-state index contributed by atoms with van der Waals surface area (Å²) in [5, 5.41) is 6.52. The number of hydrogen-bond acceptors (Lipinski definition) is 2. The summed E-state index contributed by atoms with van der Waals surface area (Å²) < 4.78 is 0. The van der Waals surface area contributed by atoms with Gasteiger partial charge in [0.2, 0.25) is 5.91 Å². The van der Waals surface area contributed by atoms with Crippen LogP contribution in [0.15, 0.2) is 0 Å². The van der Waals surface area contributed by atoms with Gasteiger partial charge in [0.25, 0.3) is 0 Å².